The van der Waals surface area contributed by atoms with Crippen LogP contribution in [0.25, 0.3) is 22.5 Å². The molecule has 0 saturated carbocycles. The van der Waals surface area contributed by atoms with Crippen molar-refractivity contribution < 1.29 is 8.42 Å². The zero-order valence-electron chi connectivity index (χ0n) is 16.2. The fourth-order valence-corrected chi connectivity index (χ4v) is 4.52. The fraction of sp³-hybridized carbons (Fsp3) is 0.0435. The Morgan fingerprint density at radius 3 is 2.32 bits per heavy atom. The van der Waals surface area contributed by atoms with Gasteiger partial charge in [0.2, 0.25) is 0 Å². The van der Waals surface area contributed by atoms with Crippen LogP contribution >= 0.6 is 11.6 Å². The van der Waals surface area contributed by atoms with Crippen molar-refractivity contribution in [3.63, 3.8) is 0 Å². The summed E-state index contributed by atoms with van der Waals surface area (Å²) in [5, 5.41) is 9.17. The van der Waals surface area contributed by atoms with Crippen molar-refractivity contribution in [3.8, 4) is 28.7 Å². The van der Waals surface area contributed by atoms with Crippen LogP contribution in [0.1, 0.15) is 5.56 Å². The van der Waals surface area contributed by atoms with Gasteiger partial charge in [-0.15, -0.1) is 0 Å². The lowest BCUT2D eigenvalue weighted by Crippen LogP contribution is -2.18. The molecule has 0 aliphatic heterocycles. The summed E-state index contributed by atoms with van der Waals surface area (Å²) in [6, 6.07) is 23.9. The van der Waals surface area contributed by atoms with E-state index in [1.54, 1.807) is 24.4 Å². The van der Waals surface area contributed by atoms with Crippen LogP contribution in [-0.2, 0) is 16.6 Å². The van der Waals surface area contributed by atoms with Gasteiger partial charge in [0.15, 0.2) is 6.19 Å². The molecule has 1 heterocycles. The molecule has 0 atom stereocenters. The third-order valence-electron chi connectivity index (χ3n) is 4.75. The number of imidazole rings is 1. The van der Waals surface area contributed by atoms with E-state index in [0.717, 1.165) is 22.5 Å². The number of nitrogens with one attached hydrogen (secondary N) is 1. The molecule has 1 N–H and O–H groups in total. The Balaban J connectivity index is 1.64. The van der Waals surface area contributed by atoms with E-state index in [9.17, 15) is 8.42 Å². The Morgan fingerprint density at radius 1 is 0.935 bits per heavy atom. The van der Waals surface area contributed by atoms with Gasteiger partial charge in [0.05, 0.1) is 4.90 Å². The number of rotatable bonds is 6. The van der Waals surface area contributed by atoms with Crippen LogP contribution in [0.15, 0.2) is 90.0 Å². The molecule has 0 amide bonds. The molecule has 0 saturated heterocycles. The van der Waals surface area contributed by atoms with Gasteiger partial charge >= 0.3 is 0 Å². The summed E-state index contributed by atoms with van der Waals surface area (Å²) in [5.41, 5.74) is 3.22. The number of sulfonamides is 1. The number of nitrogens with zero attached hydrogens (tertiary/aromatic N) is 3. The van der Waals surface area contributed by atoms with E-state index in [4.69, 9.17) is 16.9 Å². The molecule has 1 aromatic heterocycles. The second-order valence-electron chi connectivity index (χ2n) is 6.79. The molecule has 0 bridgehead atoms. The Morgan fingerprint density at radius 2 is 1.61 bits per heavy atom. The molecule has 3 aromatic carbocycles. The number of nitriles is 1. The minimum atomic E-state index is -3.92. The Hall–Kier alpha value is -3.60. The largest absolute Gasteiger partial charge is 0.325 e. The van der Waals surface area contributed by atoms with Gasteiger partial charge in [-0.25, -0.2) is 18.1 Å². The Labute approximate surface area is 185 Å². The summed E-state index contributed by atoms with van der Waals surface area (Å²) in [6.45, 7) is 0.556. The van der Waals surface area contributed by atoms with Gasteiger partial charge in [0.1, 0.15) is 11.0 Å². The number of halogens is 1. The highest BCUT2D eigenvalue weighted by Gasteiger charge is 2.18. The van der Waals surface area contributed by atoms with Gasteiger partial charge in [0.25, 0.3) is 10.0 Å². The third kappa shape index (κ3) is 4.45. The minimum Gasteiger partial charge on any atom is -0.325 e. The molecule has 0 unspecified atom stereocenters. The zero-order valence-corrected chi connectivity index (χ0v) is 17.8. The first kappa shape index (κ1) is 20.7. The van der Waals surface area contributed by atoms with Crippen molar-refractivity contribution in [2.24, 2.45) is 0 Å². The van der Waals surface area contributed by atoms with Gasteiger partial charge in [-0.1, -0.05) is 84.4 Å². The van der Waals surface area contributed by atoms with Crippen LogP contribution in [0, 0.1) is 11.5 Å². The summed E-state index contributed by atoms with van der Waals surface area (Å²) in [5.74, 6) is 0.772. The molecule has 154 valence electrons. The predicted molar refractivity (Wildman–Crippen MR) is 120 cm³/mol. The van der Waals surface area contributed by atoms with Gasteiger partial charge in [-0.3, -0.25) is 0 Å². The average molecular weight is 449 g/mol. The van der Waals surface area contributed by atoms with Crippen LogP contribution in [-0.4, -0.2) is 18.0 Å². The minimum absolute atomic E-state index is 0.0528. The average Bonchev–Trinajstić information content (AvgIpc) is 3.15. The van der Waals surface area contributed by atoms with E-state index in [1.807, 2.05) is 63.9 Å². The highest BCUT2D eigenvalue weighted by Crippen LogP contribution is 2.28. The smallest absolute Gasteiger partial charge is 0.270 e. The van der Waals surface area contributed by atoms with Gasteiger partial charge in [0, 0.05) is 23.9 Å². The SMILES string of the molecule is N#CNS(=O)(=O)c1ccccc1-c1ccc(Cn2cc(Cl)nc2-c2ccccc2)cc1. The second kappa shape index (κ2) is 8.64. The van der Waals surface area contributed by atoms with Crippen molar-refractivity contribution in [2.45, 2.75) is 11.4 Å². The Bertz CT molecular complexity index is 1360. The molecule has 4 rings (SSSR count). The summed E-state index contributed by atoms with van der Waals surface area (Å²) < 4.78 is 28.6. The molecule has 4 aromatic rings. The van der Waals surface area contributed by atoms with Crippen molar-refractivity contribution in [1.29, 1.82) is 5.26 Å². The van der Waals surface area contributed by atoms with Crippen molar-refractivity contribution >= 4 is 21.6 Å². The molecular formula is C23H17ClN4O2S. The fourth-order valence-electron chi connectivity index (χ4n) is 3.36. The monoisotopic (exact) mass is 448 g/mol. The predicted octanol–water partition coefficient (Wildman–Crippen LogP) is 4.68. The van der Waals surface area contributed by atoms with Crippen molar-refractivity contribution in [1.82, 2.24) is 14.3 Å². The van der Waals surface area contributed by atoms with Crippen molar-refractivity contribution in [3.05, 3.63) is 95.8 Å². The molecule has 31 heavy (non-hydrogen) atoms. The maximum atomic E-state index is 12.4. The number of benzene rings is 3. The van der Waals surface area contributed by atoms with Gasteiger partial charge in [-0.05, 0) is 17.2 Å². The molecule has 0 aliphatic rings. The first-order valence-corrected chi connectivity index (χ1v) is 11.2. The molecule has 0 radical (unpaired) electrons. The molecule has 8 heteroatoms. The maximum Gasteiger partial charge on any atom is 0.270 e. The third-order valence-corrected chi connectivity index (χ3v) is 6.23. The van der Waals surface area contributed by atoms with Crippen molar-refractivity contribution in [2.75, 3.05) is 0 Å². The number of hydrogen-bond donors (Lipinski definition) is 1. The normalized spacial score (nSPS) is 11.1. The van der Waals surface area contributed by atoms with Gasteiger partial charge in [-0.2, -0.15) is 5.26 Å². The van der Waals surface area contributed by atoms with Crippen LogP contribution in [0.3, 0.4) is 0 Å². The van der Waals surface area contributed by atoms with Crippen LogP contribution in [0.5, 0.6) is 0 Å². The van der Waals surface area contributed by atoms with E-state index in [-0.39, 0.29) is 4.90 Å². The molecular weight excluding hydrogens is 432 g/mol. The van der Waals surface area contributed by atoms with E-state index >= 15 is 0 Å². The number of aromatic nitrogens is 2. The number of hydrogen-bond acceptors (Lipinski definition) is 4. The highest BCUT2D eigenvalue weighted by molar-refractivity contribution is 7.89. The molecule has 6 nitrogen and oxygen atoms in total. The van der Waals surface area contributed by atoms with E-state index in [0.29, 0.717) is 17.3 Å². The van der Waals surface area contributed by atoms with Crippen LogP contribution in [0.4, 0.5) is 0 Å². The van der Waals surface area contributed by atoms with Crippen LogP contribution < -0.4 is 4.72 Å². The lowest BCUT2D eigenvalue weighted by Gasteiger charge is -2.11. The van der Waals surface area contributed by atoms with E-state index in [1.165, 1.54) is 12.3 Å². The standard InChI is InChI=1S/C23H17ClN4O2S/c24-22-15-28(23(27-22)19-6-2-1-3-7-19)14-17-10-12-18(13-11-17)20-8-4-5-9-21(20)31(29,30)26-16-25/h1-13,15,26H,14H2. The highest BCUT2D eigenvalue weighted by atomic mass is 35.5. The topological polar surface area (TPSA) is 87.8 Å². The second-order valence-corrected chi connectivity index (χ2v) is 8.83. The first-order valence-electron chi connectivity index (χ1n) is 9.35. The van der Waals surface area contributed by atoms with Gasteiger partial charge < -0.3 is 4.57 Å². The maximum absolute atomic E-state index is 12.4. The van der Waals surface area contributed by atoms with Crippen LogP contribution in [0.2, 0.25) is 5.15 Å². The lowest BCUT2D eigenvalue weighted by atomic mass is 10.0. The summed E-state index contributed by atoms with van der Waals surface area (Å²) in [6.07, 6.45) is 3.27. The first-order chi connectivity index (χ1) is 15.0. The quantitative estimate of drug-likeness (QED) is 0.342. The lowest BCUT2D eigenvalue weighted by molar-refractivity contribution is 0.591. The zero-order chi connectivity index (χ0) is 21.8. The van der Waals surface area contributed by atoms with E-state index in [2.05, 4.69) is 4.98 Å². The molecule has 0 spiro atoms. The Kier molecular flexibility index (Phi) is 5.76. The van der Waals surface area contributed by atoms with E-state index < -0.39 is 10.0 Å². The summed E-state index contributed by atoms with van der Waals surface area (Å²) in [7, 11) is -3.92. The summed E-state index contributed by atoms with van der Waals surface area (Å²) >= 11 is 6.16. The molecule has 0 fully saturated rings. The summed E-state index contributed by atoms with van der Waals surface area (Å²) in [4.78, 5) is 4.48. The molecule has 0 aliphatic carbocycles.